The molecule has 1 saturated heterocycles. The second kappa shape index (κ2) is 11.2. The zero-order valence-corrected chi connectivity index (χ0v) is 26.3. The first-order chi connectivity index (χ1) is 18.8. The van der Waals surface area contributed by atoms with Crippen molar-refractivity contribution in [1.82, 2.24) is 10.2 Å². The maximum absolute atomic E-state index is 13.3. The molecule has 1 heterocycles. The van der Waals surface area contributed by atoms with Crippen molar-refractivity contribution in [3.8, 4) is 0 Å². The number of hydrogen-bond acceptors (Lipinski definition) is 5. The quantitative estimate of drug-likeness (QED) is 0.191. The van der Waals surface area contributed by atoms with Crippen LogP contribution in [0.15, 0.2) is 16.8 Å². The Labute approximate surface area is 242 Å². The van der Waals surface area contributed by atoms with Gasteiger partial charge in [-0.2, -0.15) is 0 Å². The maximum atomic E-state index is 13.3. The van der Waals surface area contributed by atoms with E-state index in [2.05, 4.69) is 59.3 Å². The summed E-state index contributed by atoms with van der Waals surface area (Å²) in [7, 11) is 6.47. The lowest BCUT2D eigenvalue weighted by Crippen LogP contribution is -2.51. The molecule has 3 saturated carbocycles. The van der Waals surface area contributed by atoms with Gasteiger partial charge in [0, 0.05) is 24.9 Å². The van der Waals surface area contributed by atoms with E-state index in [4.69, 9.17) is 4.84 Å². The number of quaternary nitrogens is 1. The van der Waals surface area contributed by atoms with Crippen LogP contribution in [0.2, 0.25) is 0 Å². The Bertz CT molecular complexity index is 1050. The lowest BCUT2D eigenvalue weighted by Gasteiger charge is -2.58. The summed E-state index contributed by atoms with van der Waals surface area (Å²) in [5.41, 5.74) is 2.83. The van der Waals surface area contributed by atoms with Gasteiger partial charge in [0.25, 0.3) is 0 Å². The molecule has 0 aromatic rings. The number of ketones is 1. The monoisotopic (exact) mass is 555 g/mol. The average molecular weight is 556 g/mol. The minimum absolute atomic E-state index is 0.204. The molecule has 0 spiro atoms. The lowest BCUT2D eigenvalue weighted by molar-refractivity contribution is -0.869. The van der Waals surface area contributed by atoms with Crippen LogP contribution in [0.25, 0.3) is 0 Å². The van der Waals surface area contributed by atoms with Crippen LogP contribution in [0.3, 0.4) is 0 Å². The summed E-state index contributed by atoms with van der Waals surface area (Å²) in [5.74, 6) is 3.43. The van der Waals surface area contributed by atoms with Gasteiger partial charge in [-0.05, 0) is 105 Å². The van der Waals surface area contributed by atoms with Crippen LogP contribution < -0.4 is 5.32 Å². The predicted octanol–water partition coefficient (Wildman–Crippen LogP) is 5.65. The molecule has 0 aromatic heterocycles. The first-order valence-electron chi connectivity index (χ1n) is 16.1. The maximum Gasteiger partial charge on any atom is 0.436 e. The fourth-order valence-electron chi connectivity index (χ4n) is 9.58. The summed E-state index contributed by atoms with van der Waals surface area (Å²) in [6.07, 6.45) is 11.6. The number of carbonyl (C=O) groups is 2. The number of carbonyl (C=O) groups excluding carboxylic acids is 2. The summed E-state index contributed by atoms with van der Waals surface area (Å²) in [6, 6.07) is 0.319. The largest absolute Gasteiger partial charge is 0.436 e. The second-order valence-corrected chi connectivity index (χ2v) is 15.6. The van der Waals surface area contributed by atoms with Crippen molar-refractivity contribution in [3.05, 3.63) is 11.6 Å². The number of rotatable bonds is 7. The van der Waals surface area contributed by atoms with Crippen LogP contribution in [0.1, 0.15) is 85.5 Å². The van der Waals surface area contributed by atoms with Crippen LogP contribution in [-0.2, 0) is 9.63 Å². The summed E-state index contributed by atoms with van der Waals surface area (Å²) in [4.78, 5) is 33.1. The molecule has 4 fully saturated rings. The number of amides is 1. The van der Waals surface area contributed by atoms with E-state index < -0.39 is 0 Å². The topological polar surface area (TPSA) is 71.0 Å². The van der Waals surface area contributed by atoms with Gasteiger partial charge in [0.2, 0.25) is 0 Å². The van der Waals surface area contributed by atoms with Crippen LogP contribution in [-0.4, -0.2) is 80.3 Å². The van der Waals surface area contributed by atoms with E-state index in [0.717, 1.165) is 54.9 Å². The lowest BCUT2D eigenvalue weighted by atomic mass is 9.46. The Morgan fingerprint density at radius 1 is 1.12 bits per heavy atom. The Morgan fingerprint density at radius 2 is 1.90 bits per heavy atom. The molecule has 224 valence electrons. The van der Waals surface area contributed by atoms with Crippen molar-refractivity contribution in [2.24, 2.45) is 45.6 Å². The zero-order valence-electron chi connectivity index (χ0n) is 26.3. The van der Waals surface area contributed by atoms with Crippen molar-refractivity contribution in [1.29, 1.82) is 0 Å². The van der Waals surface area contributed by atoms with Crippen LogP contribution in [0.4, 0.5) is 4.79 Å². The average Bonchev–Trinajstić information content (AvgIpc) is 3.46. The normalized spacial score (nSPS) is 39.7. The van der Waals surface area contributed by atoms with Crippen LogP contribution in [0, 0.1) is 40.4 Å². The van der Waals surface area contributed by atoms with E-state index >= 15 is 0 Å². The highest BCUT2D eigenvalue weighted by molar-refractivity contribution is 5.91. The van der Waals surface area contributed by atoms with Gasteiger partial charge >= 0.3 is 6.09 Å². The van der Waals surface area contributed by atoms with Gasteiger partial charge in [0.15, 0.2) is 5.78 Å². The number of nitrogens with zero attached hydrogens (tertiary/aromatic N) is 3. The first-order valence-corrected chi connectivity index (χ1v) is 16.1. The highest BCUT2D eigenvalue weighted by Crippen LogP contribution is 2.66. The zero-order chi connectivity index (χ0) is 28.9. The molecule has 1 amide bonds. The third kappa shape index (κ3) is 5.79. The Hall–Kier alpha value is -1.73. The number of nitrogens with one attached hydrogen (secondary N) is 1. The van der Waals surface area contributed by atoms with Crippen molar-refractivity contribution in [3.63, 3.8) is 0 Å². The van der Waals surface area contributed by atoms with Crippen molar-refractivity contribution < 1.29 is 18.9 Å². The molecule has 7 heteroatoms. The molecule has 1 N–H and O–H groups in total. The van der Waals surface area contributed by atoms with Gasteiger partial charge in [0.05, 0.1) is 39.9 Å². The van der Waals surface area contributed by atoms with Gasteiger partial charge in [-0.25, -0.2) is 4.79 Å². The van der Waals surface area contributed by atoms with Crippen LogP contribution in [0.5, 0.6) is 0 Å². The van der Waals surface area contributed by atoms with E-state index in [-0.39, 0.29) is 16.9 Å². The van der Waals surface area contributed by atoms with Gasteiger partial charge < -0.3 is 9.80 Å². The van der Waals surface area contributed by atoms with E-state index in [1.165, 1.54) is 31.3 Å². The molecule has 7 nitrogen and oxygen atoms in total. The molecule has 1 aliphatic heterocycles. The Kier molecular flexibility index (Phi) is 8.30. The minimum Gasteiger partial charge on any atom is -0.329 e. The summed E-state index contributed by atoms with van der Waals surface area (Å²) in [5, 5.41) is 8.11. The van der Waals surface area contributed by atoms with E-state index in [1.807, 2.05) is 11.0 Å². The summed E-state index contributed by atoms with van der Waals surface area (Å²) in [6.45, 7) is 12.5. The standard InChI is InChI=1S/C33H55N4O3/c1-22-18-25(34-20-22)21-36(16-17-37(5,6)7)31(39)40-35-23(2)28-10-11-29-27-9-8-24-19-26(38)12-14-32(24,3)30(27)13-15-33(28,29)4/h19,22,25,27-30,34H,8-18,20-21H2,1-7H3/q+1/b35-23+/t22?,25?,27-,28+,29-,30-,32-,33+/m0/s1. The number of hydrogen-bond donors (Lipinski definition) is 1. The van der Waals surface area contributed by atoms with E-state index in [1.54, 1.807) is 0 Å². The highest BCUT2D eigenvalue weighted by atomic mass is 16.7. The van der Waals surface area contributed by atoms with Crippen molar-refractivity contribution >= 4 is 17.6 Å². The van der Waals surface area contributed by atoms with E-state index in [0.29, 0.717) is 55.0 Å². The number of likely N-dealkylation sites (N-methyl/N-ethyl adjacent to an activating group) is 1. The third-order valence-electron chi connectivity index (χ3n) is 11.9. The molecular weight excluding hydrogens is 500 g/mol. The number of fused-ring (bicyclic) bond motifs is 5. The first kappa shape index (κ1) is 29.8. The van der Waals surface area contributed by atoms with Gasteiger partial charge in [0.1, 0.15) is 0 Å². The van der Waals surface area contributed by atoms with Gasteiger partial charge in [-0.3, -0.25) is 14.5 Å². The minimum atomic E-state index is -0.316. The molecule has 8 atom stereocenters. The summed E-state index contributed by atoms with van der Waals surface area (Å²) < 4.78 is 0.803. The number of allylic oxidation sites excluding steroid dienone is 1. The fraction of sp³-hybridized carbons (Fsp3) is 0.848. The number of oxime groups is 1. The van der Waals surface area contributed by atoms with Crippen molar-refractivity contribution in [2.75, 3.05) is 47.3 Å². The SMILES string of the molecule is C/C(=N\OC(=O)N(CC[N+](C)(C)C)CC1CC(C)CN1)[C@H]1CC[C@H]2[C@@H]3CCC4=CC(=O)CC[C@]4(C)[C@H]3CC[C@]12C. The molecule has 2 unspecified atom stereocenters. The second-order valence-electron chi connectivity index (χ2n) is 15.6. The van der Waals surface area contributed by atoms with E-state index in [9.17, 15) is 9.59 Å². The molecule has 0 radical (unpaired) electrons. The Balaban J connectivity index is 1.25. The molecular formula is C33H55N4O3+. The molecule has 4 aliphatic carbocycles. The summed E-state index contributed by atoms with van der Waals surface area (Å²) >= 11 is 0. The van der Waals surface area contributed by atoms with Crippen LogP contribution >= 0.6 is 0 Å². The molecule has 0 aromatic carbocycles. The molecule has 5 rings (SSSR count). The highest BCUT2D eigenvalue weighted by Gasteiger charge is 2.59. The molecule has 5 aliphatic rings. The van der Waals surface area contributed by atoms with Gasteiger partial charge in [-0.15, -0.1) is 0 Å². The third-order valence-corrected chi connectivity index (χ3v) is 11.9. The predicted molar refractivity (Wildman–Crippen MR) is 160 cm³/mol. The molecule has 0 bridgehead atoms. The van der Waals surface area contributed by atoms with Crippen molar-refractivity contribution in [2.45, 2.75) is 91.5 Å². The fourth-order valence-corrected chi connectivity index (χ4v) is 9.58. The Morgan fingerprint density at radius 3 is 2.60 bits per heavy atom. The molecule has 40 heavy (non-hydrogen) atoms. The smallest absolute Gasteiger partial charge is 0.329 e. The van der Waals surface area contributed by atoms with Gasteiger partial charge in [-0.1, -0.05) is 31.5 Å².